The summed E-state index contributed by atoms with van der Waals surface area (Å²) in [5, 5.41) is 11.0. The predicted molar refractivity (Wildman–Crippen MR) is 138 cm³/mol. The van der Waals surface area contributed by atoms with Crippen LogP contribution in [0.25, 0.3) is 0 Å². The maximum absolute atomic E-state index is 5.46. The number of guanidine groups is 1. The predicted octanol–water partition coefficient (Wildman–Crippen LogP) is 4.66. The Kier molecular flexibility index (Phi) is 11.4. The van der Waals surface area contributed by atoms with Crippen molar-refractivity contribution in [2.75, 3.05) is 20.1 Å². The quantitative estimate of drug-likeness (QED) is 0.290. The van der Waals surface area contributed by atoms with Gasteiger partial charge >= 0.3 is 0 Å². The van der Waals surface area contributed by atoms with E-state index < -0.39 is 0 Å². The summed E-state index contributed by atoms with van der Waals surface area (Å²) < 4.78 is 5.46. The maximum atomic E-state index is 5.46. The van der Waals surface area contributed by atoms with Crippen molar-refractivity contribution in [1.29, 1.82) is 0 Å². The second kappa shape index (κ2) is 13.7. The summed E-state index contributed by atoms with van der Waals surface area (Å²) in [7, 11) is 1.81. The largest absolute Gasteiger partial charge is 0.361 e. The lowest BCUT2D eigenvalue weighted by Crippen LogP contribution is -2.36. The Labute approximate surface area is 204 Å². The highest BCUT2D eigenvalue weighted by Gasteiger charge is 2.14. The molecule has 1 aliphatic heterocycles. The zero-order valence-corrected chi connectivity index (χ0v) is 21.6. The number of hydrogen-bond donors (Lipinski definition) is 2. The molecule has 0 spiro atoms. The van der Waals surface area contributed by atoms with Crippen molar-refractivity contribution in [3.05, 3.63) is 52.4 Å². The van der Waals surface area contributed by atoms with Crippen LogP contribution < -0.4 is 10.6 Å². The fourth-order valence-corrected chi connectivity index (χ4v) is 4.11. The maximum Gasteiger partial charge on any atom is 0.191 e. The molecule has 1 fully saturated rings. The molecule has 1 aliphatic rings. The van der Waals surface area contributed by atoms with Crippen LogP contribution in [0, 0.1) is 0 Å². The number of nitrogens with zero attached hydrogens (tertiary/aromatic N) is 3. The minimum atomic E-state index is 0. The zero-order chi connectivity index (χ0) is 21.2. The molecule has 2 N–H and O–H groups in total. The Morgan fingerprint density at radius 1 is 1.03 bits per heavy atom. The molecule has 2 heterocycles. The zero-order valence-electron chi connectivity index (χ0n) is 19.2. The third kappa shape index (κ3) is 7.79. The molecule has 2 aromatic rings. The molecule has 7 heteroatoms. The second-order valence-electron chi connectivity index (χ2n) is 8.03. The van der Waals surface area contributed by atoms with Gasteiger partial charge in [-0.15, -0.1) is 24.0 Å². The second-order valence-corrected chi connectivity index (χ2v) is 8.03. The van der Waals surface area contributed by atoms with Gasteiger partial charge in [-0.25, -0.2) is 0 Å². The van der Waals surface area contributed by atoms with Crippen LogP contribution in [0.4, 0.5) is 0 Å². The number of rotatable bonds is 8. The van der Waals surface area contributed by atoms with E-state index in [1.807, 2.05) is 0 Å². The van der Waals surface area contributed by atoms with Gasteiger partial charge < -0.3 is 15.2 Å². The van der Waals surface area contributed by atoms with E-state index in [0.717, 1.165) is 48.9 Å². The molecule has 0 aliphatic carbocycles. The van der Waals surface area contributed by atoms with Crippen molar-refractivity contribution in [1.82, 2.24) is 20.7 Å². The third-order valence-corrected chi connectivity index (χ3v) is 5.82. The SMILES string of the molecule is CCc1noc(CC)c1CNC(=NC)NCc1cccc(CN2CCCCCC2)c1.I. The Morgan fingerprint density at radius 2 is 1.74 bits per heavy atom. The molecule has 3 rings (SSSR count). The van der Waals surface area contributed by atoms with Gasteiger partial charge in [0, 0.05) is 38.7 Å². The molecule has 0 radical (unpaired) electrons. The molecule has 1 saturated heterocycles. The lowest BCUT2D eigenvalue weighted by molar-refractivity contribution is 0.277. The highest BCUT2D eigenvalue weighted by atomic mass is 127. The number of hydrogen-bond acceptors (Lipinski definition) is 4. The third-order valence-electron chi connectivity index (χ3n) is 5.82. The van der Waals surface area contributed by atoms with E-state index in [1.165, 1.54) is 49.9 Å². The summed E-state index contributed by atoms with van der Waals surface area (Å²) >= 11 is 0. The van der Waals surface area contributed by atoms with Crippen molar-refractivity contribution < 1.29 is 4.52 Å². The van der Waals surface area contributed by atoms with Crippen molar-refractivity contribution in [2.45, 2.75) is 72.0 Å². The summed E-state index contributed by atoms with van der Waals surface area (Å²) in [6.45, 7) is 9.11. The topological polar surface area (TPSA) is 65.7 Å². The van der Waals surface area contributed by atoms with Crippen LogP contribution in [0.15, 0.2) is 33.8 Å². The summed E-state index contributed by atoms with van der Waals surface area (Å²) in [4.78, 5) is 6.97. The first kappa shape index (κ1) is 25.6. The van der Waals surface area contributed by atoms with Crippen LogP contribution >= 0.6 is 24.0 Å². The first-order valence-corrected chi connectivity index (χ1v) is 11.4. The van der Waals surface area contributed by atoms with E-state index in [4.69, 9.17) is 4.52 Å². The summed E-state index contributed by atoms with van der Waals surface area (Å²) in [5.74, 6) is 1.74. The van der Waals surface area contributed by atoms with Crippen LogP contribution in [0.2, 0.25) is 0 Å². The highest BCUT2D eigenvalue weighted by molar-refractivity contribution is 14.0. The average Bonchev–Trinajstić information content (AvgIpc) is 3.00. The van der Waals surface area contributed by atoms with E-state index in [0.29, 0.717) is 6.54 Å². The van der Waals surface area contributed by atoms with Crippen molar-refractivity contribution in [3.63, 3.8) is 0 Å². The van der Waals surface area contributed by atoms with Gasteiger partial charge in [0.2, 0.25) is 0 Å². The van der Waals surface area contributed by atoms with Crippen LogP contribution in [0.3, 0.4) is 0 Å². The standard InChI is InChI=1S/C24H37N5O.HI/c1-4-22-21(23(5-2)30-28-22)17-27-24(25-3)26-16-19-11-10-12-20(15-19)18-29-13-8-6-7-9-14-29;/h10-12,15H,4-9,13-14,16-18H2,1-3H3,(H2,25,26,27);1H. The number of nitrogens with one attached hydrogen (secondary N) is 2. The molecule has 0 saturated carbocycles. The Balaban J connectivity index is 0.00000341. The van der Waals surface area contributed by atoms with Crippen LogP contribution in [-0.2, 0) is 32.5 Å². The first-order valence-electron chi connectivity index (χ1n) is 11.4. The fourth-order valence-electron chi connectivity index (χ4n) is 4.11. The Morgan fingerprint density at radius 3 is 2.42 bits per heavy atom. The van der Waals surface area contributed by atoms with Gasteiger partial charge in [0.25, 0.3) is 0 Å². The molecular weight excluding hydrogens is 501 g/mol. The van der Waals surface area contributed by atoms with E-state index >= 15 is 0 Å². The number of likely N-dealkylation sites (tertiary alicyclic amines) is 1. The van der Waals surface area contributed by atoms with Gasteiger partial charge in [-0.2, -0.15) is 0 Å². The lowest BCUT2D eigenvalue weighted by atomic mass is 10.1. The van der Waals surface area contributed by atoms with Crippen LogP contribution in [-0.4, -0.2) is 36.2 Å². The smallest absolute Gasteiger partial charge is 0.191 e. The van der Waals surface area contributed by atoms with Gasteiger partial charge in [-0.1, -0.05) is 56.1 Å². The molecule has 172 valence electrons. The Bertz CT molecular complexity index is 791. The van der Waals surface area contributed by atoms with Crippen molar-refractivity contribution in [3.8, 4) is 0 Å². The van der Waals surface area contributed by atoms with E-state index in [9.17, 15) is 0 Å². The van der Waals surface area contributed by atoms with Gasteiger partial charge in [0.15, 0.2) is 5.96 Å². The molecule has 1 aromatic carbocycles. The lowest BCUT2D eigenvalue weighted by Gasteiger charge is -2.20. The molecule has 0 atom stereocenters. The summed E-state index contributed by atoms with van der Waals surface area (Å²) in [6, 6.07) is 8.90. The number of halogens is 1. The molecule has 31 heavy (non-hydrogen) atoms. The molecule has 0 unspecified atom stereocenters. The average molecular weight is 540 g/mol. The van der Waals surface area contributed by atoms with Crippen molar-refractivity contribution >= 4 is 29.9 Å². The van der Waals surface area contributed by atoms with E-state index in [-0.39, 0.29) is 24.0 Å². The fraction of sp³-hybridized carbons (Fsp3) is 0.583. The van der Waals surface area contributed by atoms with E-state index in [1.54, 1.807) is 7.05 Å². The minimum Gasteiger partial charge on any atom is -0.361 e. The number of aryl methyl sites for hydroxylation is 2. The monoisotopic (exact) mass is 539 g/mol. The molecular formula is C24H38IN5O. The molecule has 0 bridgehead atoms. The number of aromatic nitrogens is 1. The number of aliphatic imine (C=N–C) groups is 1. The van der Waals surface area contributed by atoms with Gasteiger partial charge in [0.1, 0.15) is 5.76 Å². The minimum absolute atomic E-state index is 0. The normalized spacial score (nSPS) is 15.3. The van der Waals surface area contributed by atoms with Crippen LogP contribution in [0.1, 0.15) is 67.7 Å². The van der Waals surface area contributed by atoms with Gasteiger partial charge in [-0.3, -0.25) is 9.89 Å². The van der Waals surface area contributed by atoms with Gasteiger partial charge in [-0.05, 0) is 43.5 Å². The highest BCUT2D eigenvalue weighted by Crippen LogP contribution is 2.16. The molecule has 0 amide bonds. The molecule has 6 nitrogen and oxygen atoms in total. The van der Waals surface area contributed by atoms with Crippen LogP contribution in [0.5, 0.6) is 0 Å². The van der Waals surface area contributed by atoms with Crippen molar-refractivity contribution in [2.24, 2.45) is 4.99 Å². The summed E-state index contributed by atoms with van der Waals surface area (Å²) in [6.07, 6.45) is 7.13. The number of benzene rings is 1. The molecule has 1 aromatic heterocycles. The first-order chi connectivity index (χ1) is 14.7. The summed E-state index contributed by atoms with van der Waals surface area (Å²) in [5.41, 5.74) is 4.85. The van der Waals surface area contributed by atoms with Gasteiger partial charge in [0.05, 0.1) is 5.69 Å². The Hall–Kier alpha value is -1.61. The van der Waals surface area contributed by atoms with E-state index in [2.05, 4.69) is 63.8 Å².